The van der Waals surface area contributed by atoms with Gasteiger partial charge in [-0.1, -0.05) is 36.8 Å². The molecular formula is C23H25NO4. The molecule has 0 fully saturated rings. The van der Waals surface area contributed by atoms with Crippen molar-refractivity contribution in [1.29, 1.82) is 0 Å². The Morgan fingerprint density at radius 3 is 2.50 bits per heavy atom. The van der Waals surface area contributed by atoms with Gasteiger partial charge in [0, 0.05) is 17.0 Å². The number of nitrogens with one attached hydrogen (secondary N) is 1. The first-order chi connectivity index (χ1) is 13.4. The van der Waals surface area contributed by atoms with Gasteiger partial charge in [-0.3, -0.25) is 4.79 Å². The summed E-state index contributed by atoms with van der Waals surface area (Å²) in [5, 5.41) is 3.87. The van der Waals surface area contributed by atoms with E-state index >= 15 is 0 Å². The zero-order chi connectivity index (χ0) is 20.3. The maximum atomic E-state index is 12.4. The Hall–Kier alpha value is -3.08. The Bertz CT molecular complexity index is 1050. The number of amides is 1. The van der Waals surface area contributed by atoms with E-state index in [-0.39, 0.29) is 18.6 Å². The predicted octanol–water partition coefficient (Wildman–Crippen LogP) is 4.36. The number of aryl methyl sites for hydroxylation is 3. The molecule has 1 amide bonds. The number of hydrogen-bond donors (Lipinski definition) is 1. The predicted molar refractivity (Wildman–Crippen MR) is 110 cm³/mol. The molecule has 1 aromatic heterocycles. The van der Waals surface area contributed by atoms with Crippen LogP contribution in [0.1, 0.15) is 41.6 Å². The third kappa shape index (κ3) is 4.25. The summed E-state index contributed by atoms with van der Waals surface area (Å²) in [6.45, 7) is 7.64. The molecule has 3 aromatic rings. The highest BCUT2D eigenvalue weighted by molar-refractivity contribution is 5.85. The number of carbonyl (C=O) groups excluding carboxylic acids is 1. The van der Waals surface area contributed by atoms with Gasteiger partial charge in [0.2, 0.25) is 0 Å². The van der Waals surface area contributed by atoms with E-state index in [0.29, 0.717) is 16.9 Å². The van der Waals surface area contributed by atoms with E-state index in [1.165, 1.54) is 11.6 Å². The fourth-order valence-electron chi connectivity index (χ4n) is 3.26. The van der Waals surface area contributed by atoms with Crippen LogP contribution in [0.15, 0.2) is 51.7 Å². The van der Waals surface area contributed by atoms with Gasteiger partial charge in [0.05, 0.1) is 6.04 Å². The van der Waals surface area contributed by atoms with Crippen LogP contribution in [0.25, 0.3) is 11.0 Å². The summed E-state index contributed by atoms with van der Waals surface area (Å²) >= 11 is 0. The molecule has 0 radical (unpaired) electrons. The van der Waals surface area contributed by atoms with Crippen LogP contribution < -0.4 is 15.7 Å². The van der Waals surface area contributed by atoms with Crippen LogP contribution in [0.5, 0.6) is 5.75 Å². The molecule has 1 N–H and O–H groups in total. The van der Waals surface area contributed by atoms with Crippen molar-refractivity contribution >= 4 is 16.9 Å². The Morgan fingerprint density at radius 2 is 1.82 bits per heavy atom. The van der Waals surface area contributed by atoms with Gasteiger partial charge in [0.15, 0.2) is 6.61 Å². The average Bonchev–Trinajstić information content (AvgIpc) is 2.67. The summed E-state index contributed by atoms with van der Waals surface area (Å²) in [5.74, 6) is 0.331. The zero-order valence-corrected chi connectivity index (χ0v) is 16.7. The highest BCUT2D eigenvalue weighted by Gasteiger charge is 2.15. The second kappa shape index (κ2) is 8.30. The van der Waals surface area contributed by atoms with E-state index in [0.717, 1.165) is 22.9 Å². The molecule has 0 aliphatic rings. The fraction of sp³-hybridized carbons (Fsp3) is 0.304. The van der Waals surface area contributed by atoms with E-state index in [9.17, 15) is 9.59 Å². The second-order valence-electron chi connectivity index (χ2n) is 7.04. The van der Waals surface area contributed by atoms with E-state index < -0.39 is 5.63 Å². The van der Waals surface area contributed by atoms with Crippen LogP contribution in [0, 0.1) is 20.8 Å². The van der Waals surface area contributed by atoms with Crippen molar-refractivity contribution in [2.45, 2.75) is 40.2 Å². The maximum absolute atomic E-state index is 12.4. The summed E-state index contributed by atoms with van der Waals surface area (Å²) < 4.78 is 11.0. The van der Waals surface area contributed by atoms with Crippen molar-refractivity contribution in [2.75, 3.05) is 6.61 Å². The molecule has 0 saturated heterocycles. The molecule has 5 nitrogen and oxygen atoms in total. The summed E-state index contributed by atoms with van der Waals surface area (Å²) in [7, 11) is 0. The number of rotatable bonds is 6. The normalized spacial score (nSPS) is 12.0. The number of benzene rings is 2. The molecule has 0 aliphatic heterocycles. The second-order valence-corrected chi connectivity index (χ2v) is 7.04. The molecule has 28 heavy (non-hydrogen) atoms. The minimum absolute atomic E-state index is 0.0601. The molecule has 1 atom stereocenters. The summed E-state index contributed by atoms with van der Waals surface area (Å²) in [5.41, 5.74) is 3.91. The molecule has 0 unspecified atom stereocenters. The highest BCUT2D eigenvalue weighted by Crippen LogP contribution is 2.28. The van der Waals surface area contributed by atoms with Gasteiger partial charge in [-0.15, -0.1) is 0 Å². The number of hydrogen-bond acceptors (Lipinski definition) is 4. The van der Waals surface area contributed by atoms with Crippen molar-refractivity contribution in [3.05, 3.63) is 75.1 Å². The summed E-state index contributed by atoms with van der Waals surface area (Å²) in [4.78, 5) is 24.1. The smallest absolute Gasteiger partial charge is 0.336 e. The Kier molecular flexibility index (Phi) is 5.83. The van der Waals surface area contributed by atoms with Crippen LogP contribution in [-0.4, -0.2) is 12.5 Å². The Labute approximate surface area is 164 Å². The van der Waals surface area contributed by atoms with Gasteiger partial charge in [0.25, 0.3) is 5.91 Å². The molecule has 5 heteroatoms. The monoisotopic (exact) mass is 379 g/mol. The van der Waals surface area contributed by atoms with E-state index in [1.54, 1.807) is 6.07 Å². The minimum Gasteiger partial charge on any atom is -0.483 e. The van der Waals surface area contributed by atoms with E-state index in [1.807, 2.05) is 58.0 Å². The zero-order valence-electron chi connectivity index (χ0n) is 16.7. The lowest BCUT2D eigenvalue weighted by Gasteiger charge is -2.18. The fourth-order valence-corrected chi connectivity index (χ4v) is 3.26. The van der Waals surface area contributed by atoms with E-state index in [4.69, 9.17) is 9.15 Å². The van der Waals surface area contributed by atoms with Gasteiger partial charge in [-0.2, -0.15) is 0 Å². The van der Waals surface area contributed by atoms with Crippen molar-refractivity contribution in [1.82, 2.24) is 5.32 Å². The third-order valence-corrected chi connectivity index (χ3v) is 4.90. The van der Waals surface area contributed by atoms with Crippen LogP contribution in [0.3, 0.4) is 0 Å². The van der Waals surface area contributed by atoms with Crippen molar-refractivity contribution < 1.29 is 13.9 Å². The molecular weight excluding hydrogens is 354 g/mol. The lowest BCUT2D eigenvalue weighted by molar-refractivity contribution is -0.123. The Balaban J connectivity index is 1.71. The molecule has 0 bridgehead atoms. The number of fused-ring (bicyclic) bond motifs is 1. The number of ether oxygens (including phenoxy) is 1. The van der Waals surface area contributed by atoms with E-state index in [2.05, 4.69) is 5.32 Å². The van der Waals surface area contributed by atoms with Crippen molar-refractivity contribution in [3.8, 4) is 5.75 Å². The summed E-state index contributed by atoms with van der Waals surface area (Å²) in [6.07, 6.45) is 0.786. The van der Waals surface area contributed by atoms with Crippen LogP contribution in [0.4, 0.5) is 0 Å². The molecule has 146 valence electrons. The standard InChI is InChI=1S/C23H25NO4/c1-5-19(17-8-6-14(2)7-9-17)24-21(25)13-27-20-11-10-18-15(3)12-22(26)28-23(18)16(20)4/h6-12,19H,5,13H2,1-4H3,(H,24,25)/t19-/m1/s1. The first-order valence-electron chi connectivity index (χ1n) is 9.41. The number of carbonyl (C=O) groups is 1. The molecule has 2 aromatic carbocycles. The quantitative estimate of drug-likeness (QED) is 0.646. The van der Waals surface area contributed by atoms with Gasteiger partial charge in [-0.05, 0) is 50.5 Å². The van der Waals surface area contributed by atoms with Gasteiger partial charge >= 0.3 is 5.63 Å². The van der Waals surface area contributed by atoms with Crippen molar-refractivity contribution in [3.63, 3.8) is 0 Å². The summed E-state index contributed by atoms with van der Waals surface area (Å²) in [6, 6.07) is 13.2. The van der Waals surface area contributed by atoms with Crippen LogP contribution in [-0.2, 0) is 4.79 Å². The van der Waals surface area contributed by atoms with Gasteiger partial charge in [0.1, 0.15) is 11.3 Å². The topological polar surface area (TPSA) is 68.5 Å². The van der Waals surface area contributed by atoms with Gasteiger partial charge < -0.3 is 14.5 Å². The molecule has 0 spiro atoms. The lowest BCUT2D eigenvalue weighted by Crippen LogP contribution is -2.32. The first kappa shape index (κ1) is 19.7. The molecule has 3 rings (SSSR count). The molecule has 0 aliphatic carbocycles. The van der Waals surface area contributed by atoms with Gasteiger partial charge in [-0.25, -0.2) is 4.79 Å². The lowest BCUT2D eigenvalue weighted by atomic mass is 10.0. The third-order valence-electron chi connectivity index (χ3n) is 4.90. The molecule has 1 heterocycles. The molecule has 0 saturated carbocycles. The first-order valence-corrected chi connectivity index (χ1v) is 9.41. The van der Waals surface area contributed by atoms with Crippen LogP contribution in [0.2, 0.25) is 0 Å². The Morgan fingerprint density at radius 1 is 1.11 bits per heavy atom. The SMILES string of the molecule is CC[C@@H](NC(=O)COc1ccc2c(C)cc(=O)oc2c1C)c1ccc(C)cc1. The average molecular weight is 379 g/mol. The highest BCUT2D eigenvalue weighted by atomic mass is 16.5. The van der Waals surface area contributed by atoms with Crippen LogP contribution >= 0.6 is 0 Å². The largest absolute Gasteiger partial charge is 0.483 e. The maximum Gasteiger partial charge on any atom is 0.336 e. The minimum atomic E-state index is -0.396. The van der Waals surface area contributed by atoms with Crippen molar-refractivity contribution in [2.24, 2.45) is 0 Å².